The Labute approximate surface area is 234 Å². The lowest BCUT2D eigenvalue weighted by Crippen LogP contribution is -1.92. The lowest BCUT2D eigenvalue weighted by Gasteiger charge is -2.05. The van der Waals surface area contributed by atoms with Gasteiger partial charge in [0.25, 0.3) is 0 Å². The number of halogens is 2. The third-order valence-electron chi connectivity index (χ3n) is 5.77. The number of aryl methyl sites for hydroxylation is 2. The summed E-state index contributed by atoms with van der Waals surface area (Å²) in [5.74, 6) is -1.76. The Morgan fingerprint density at radius 2 is 1.21 bits per heavy atom. The monoisotopic (exact) mass is 537 g/mol. The molecule has 0 aliphatic rings. The maximum absolute atomic E-state index is 12.8. The van der Waals surface area contributed by atoms with Gasteiger partial charge in [-0.3, -0.25) is 0 Å². The van der Waals surface area contributed by atoms with Crippen LogP contribution >= 0.6 is 0 Å². The highest BCUT2D eigenvalue weighted by Crippen LogP contribution is 2.21. The van der Waals surface area contributed by atoms with Crippen molar-refractivity contribution in [3.63, 3.8) is 0 Å². The van der Waals surface area contributed by atoms with Gasteiger partial charge in [-0.05, 0) is 36.5 Å². The summed E-state index contributed by atoms with van der Waals surface area (Å²) in [5, 5.41) is 8.29. The van der Waals surface area contributed by atoms with Crippen LogP contribution in [0.4, 0.5) is 8.78 Å². The Morgan fingerprint density at radius 1 is 0.769 bits per heavy atom. The molecule has 5 heteroatoms. The first-order valence-corrected chi connectivity index (χ1v) is 13.8. The molecule has 0 aliphatic carbocycles. The molecule has 0 fully saturated rings. The number of ether oxygens (including phenoxy) is 1. The van der Waals surface area contributed by atoms with Gasteiger partial charge in [-0.25, -0.2) is 8.78 Å². The SMILES string of the molecule is C=O.CCC.CCCCCCCCCc1ccc(-c2ccc(C)cc2)cc1.COc1cc(F)c(C#N)c(F)c1. The Balaban J connectivity index is 0.000000714. The second-order valence-electron chi connectivity index (χ2n) is 9.22. The average molecular weight is 538 g/mol. The molecule has 3 aromatic carbocycles. The van der Waals surface area contributed by atoms with E-state index >= 15 is 0 Å². The van der Waals surface area contributed by atoms with E-state index in [2.05, 4.69) is 81.0 Å². The summed E-state index contributed by atoms with van der Waals surface area (Å²) in [4.78, 5) is 8.00. The number of carbonyl (C=O) groups excluding carboxylic acids is 1. The van der Waals surface area contributed by atoms with Gasteiger partial charge in [-0.2, -0.15) is 5.26 Å². The van der Waals surface area contributed by atoms with Gasteiger partial charge >= 0.3 is 0 Å². The third-order valence-corrected chi connectivity index (χ3v) is 5.77. The van der Waals surface area contributed by atoms with Gasteiger partial charge in [0.15, 0.2) is 0 Å². The molecule has 0 bridgehead atoms. The zero-order valence-corrected chi connectivity index (χ0v) is 24.4. The molecule has 0 aromatic heterocycles. The molecule has 0 heterocycles. The molecule has 212 valence electrons. The van der Waals surface area contributed by atoms with Gasteiger partial charge in [0.1, 0.15) is 35.8 Å². The van der Waals surface area contributed by atoms with Crippen molar-refractivity contribution in [2.75, 3.05) is 7.11 Å². The molecule has 0 atom stereocenters. The largest absolute Gasteiger partial charge is 0.497 e. The quantitative estimate of drug-likeness (QED) is 0.242. The minimum Gasteiger partial charge on any atom is -0.497 e. The topological polar surface area (TPSA) is 50.1 Å². The highest BCUT2D eigenvalue weighted by Gasteiger charge is 2.10. The van der Waals surface area contributed by atoms with Crippen LogP contribution in [0.2, 0.25) is 0 Å². The number of carbonyl (C=O) groups is 1. The molecule has 0 saturated heterocycles. The zero-order valence-electron chi connectivity index (χ0n) is 24.4. The number of hydrogen-bond acceptors (Lipinski definition) is 3. The minimum absolute atomic E-state index is 0.0593. The fourth-order valence-electron chi connectivity index (χ4n) is 3.67. The summed E-state index contributed by atoms with van der Waals surface area (Å²) in [5.41, 5.74) is 4.84. The van der Waals surface area contributed by atoms with E-state index in [1.165, 1.54) is 93.2 Å². The first-order valence-electron chi connectivity index (χ1n) is 13.8. The molecule has 0 aliphatic heterocycles. The fourth-order valence-corrected chi connectivity index (χ4v) is 3.67. The van der Waals surface area contributed by atoms with Gasteiger partial charge in [-0.1, -0.05) is 120 Å². The van der Waals surface area contributed by atoms with Crippen molar-refractivity contribution in [2.45, 2.75) is 85.5 Å². The lowest BCUT2D eigenvalue weighted by molar-refractivity contribution is -0.0980. The van der Waals surface area contributed by atoms with E-state index in [0.29, 0.717) is 0 Å². The summed E-state index contributed by atoms with van der Waals surface area (Å²) in [7, 11) is 1.29. The van der Waals surface area contributed by atoms with Crippen LogP contribution in [0.15, 0.2) is 60.7 Å². The van der Waals surface area contributed by atoms with E-state index in [1.807, 2.05) is 6.79 Å². The number of hydrogen-bond donors (Lipinski definition) is 0. The van der Waals surface area contributed by atoms with Crippen LogP contribution in [0.1, 0.15) is 88.8 Å². The van der Waals surface area contributed by atoms with Crippen molar-refractivity contribution in [1.29, 1.82) is 5.26 Å². The van der Waals surface area contributed by atoms with E-state index in [9.17, 15) is 8.78 Å². The molecule has 3 aromatic rings. The van der Waals surface area contributed by atoms with Crippen molar-refractivity contribution in [3.05, 3.63) is 89.0 Å². The number of methoxy groups -OCH3 is 1. The second kappa shape index (κ2) is 22.5. The standard InChI is InChI=1S/C22H30.C8H5F2NO.C3H8.CH2O/c1-3-4-5-6-7-8-9-10-20-13-17-22(18-14-20)21-15-11-19(2)12-16-21;1-12-5-2-7(9)6(4-11)8(10)3-5;1-3-2;1-2/h11-18H,3-10H2,1-2H3;2-3H,1H3;3H2,1-2H3;1H2. The van der Waals surface area contributed by atoms with Gasteiger partial charge in [0, 0.05) is 12.1 Å². The minimum atomic E-state index is -0.908. The second-order valence-corrected chi connectivity index (χ2v) is 9.22. The van der Waals surface area contributed by atoms with Gasteiger partial charge in [-0.15, -0.1) is 0 Å². The van der Waals surface area contributed by atoms with Crippen LogP contribution in [0.3, 0.4) is 0 Å². The summed E-state index contributed by atoms with van der Waals surface area (Å²) < 4.78 is 30.1. The smallest absolute Gasteiger partial charge is 0.147 e. The van der Waals surface area contributed by atoms with E-state index in [0.717, 1.165) is 12.1 Å². The van der Waals surface area contributed by atoms with Crippen molar-refractivity contribution in [1.82, 2.24) is 0 Å². The van der Waals surface area contributed by atoms with Crippen molar-refractivity contribution in [2.24, 2.45) is 0 Å². The third kappa shape index (κ3) is 14.9. The Bertz CT molecular complexity index is 1050. The van der Waals surface area contributed by atoms with Crippen molar-refractivity contribution < 1.29 is 18.3 Å². The van der Waals surface area contributed by atoms with E-state index in [-0.39, 0.29) is 5.75 Å². The van der Waals surface area contributed by atoms with Crippen LogP contribution in [0, 0.1) is 29.9 Å². The molecule has 0 radical (unpaired) electrons. The molecule has 0 unspecified atom stereocenters. The molecule has 0 spiro atoms. The number of nitrogens with zero attached hydrogens (tertiary/aromatic N) is 1. The van der Waals surface area contributed by atoms with E-state index < -0.39 is 17.2 Å². The highest BCUT2D eigenvalue weighted by atomic mass is 19.1. The fraction of sp³-hybridized carbons (Fsp3) is 0.412. The molecule has 39 heavy (non-hydrogen) atoms. The molecule has 0 saturated carbocycles. The molecule has 0 N–H and O–H groups in total. The Hall–Kier alpha value is -3.52. The van der Waals surface area contributed by atoms with Crippen LogP contribution in [0.25, 0.3) is 11.1 Å². The van der Waals surface area contributed by atoms with E-state index in [1.54, 1.807) is 0 Å². The maximum Gasteiger partial charge on any atom is 0.147 e. The number of rotatable bonds is 10. The number of unbranched alkanes of at least 4 members (excludes halogenated alkanes) is 6. The molecular formula is C34H45F2NO2. The predicted molar refractivity (Wildman–Crippen MR) is 159 cm³/mol. The zero-order chi connectivity index (χ0) is 29.5. The number of nitriles is 1. The van der Waals surface area contributed by atoms with Crippen LogP contribution in [-0.2, 0) is 11.2 Å². The van der Waals surface area contributed by atoms with Crippen LogP contribution in [-0.4, -0.2) is 13.9 Å². The molecule has 0 amide bonds. The van der Waals surface area contributed by atoms with Gasteiger partial charge in [0.2, 0.25) is 0 Å². The van der Waals surface area contributed by atoms with Crippen LogP contribution in [0.5, 0.6) is 5.75 Å². The average Bonchev–Trinajstić information content (AvgIpc) is 2.95. The summed E-state index contributed by atoms with van der Waals surface area (Å²) in [6, 6.07) is 21.2. The maximum atomic E-state index is 12.8. The molecular weight excluding hydrogens is 492 g/mol. The van der Waals surface area contributed by atoms with Gasteiger partial charge < -0.3 is 9.53 Å². The molecule has 3 nitrogen and oxygen atoms in total. The normalized spacial score (nSPS) is 9.49. The lowest BCUT2D eigenvalue weighted by atomic mass is 10.00. The predicted octanol–water partition coefficient (Wildman–Crippen LogP) is 10.0. The Morgan fingerprint density at radius 3 is 1.64 bits per heavy atom. The summed E-state index contributed by atoms with van der Waals surface area (Å²) in [6.07, 6.45) is 12.2. The van der Waals surface area contributed by atoms with Crippen molar-refractivity contribution >= 4 is 6.79 Å². The number of benzene rings is 3. The Kier molecular flexibility index (Phi) is 20.4. The summed E-state index contributed by atoms with van der Waals surface area (Å²) in [6.45, 7) is 10.7. The van der Waals surface area contributed by atoms with Gasteiger partial charge in [0.05, 0.1) is 7.11 Å². The first-order chi connectivity index (χ1) is 18.9. The van der Waals surface area contributed by atoms with Crippen molar-refractivity contribution in [3.8, 4) is 22.9 Å². The highest BCUT2D eigenvalue weighted by molar-refractivity contribution is 5.63. The first kappa shape index (κ1) is 35.5. The van der Waals surface area contributed by atoms with E-state index in [4.69, 9.17) is 10.1 Å². The molecule has 3 rings (SSSR count). The summed E-state index contributed by atoms with van der Waals surface area (Å²) >= 11 is 0. The van der Waals surface area contributed by atoms with Crippen LogP contribution < -0.4 is 4.74 Å².